The molecule has 0 aliphatic carbocycles. The van der Waals surface area contributed by atoms with E-state index in [9.17, 15) is 9.18 Å². The Morgan fingerprint density at radius 2 is 1.72 bits per heavy atom. The van der Waals surface area contributed by atoms with Gasteiger partial charge in [0.1, 0.15) is 5.82 Å². The van der Waals surface area contributed by atoms with Crippen molar-refractivity contribution < 1.29 is 14.3 Å². The van der Waals surface area contributed by atoms with Crippen LogP contribution < -0.4 is 4.90 Å². The van der Waals surface area contributed by atoms with Crippen LogP contribution in [0.5, 0.6) is 0 Å². The topological polar surface area (TPSA) is 40.5 Å². The van der Waals surface area contributed by atoms with Crippen molar-refractivity contribution >= 4 is 11.7 Å². The van der Waals surface area contributed by atoms with E-state index in [2.05, 4.69) is 0 Å². The molecule has 0 radical (unpaired) electrons. The zero-order chi connectivity index (χ0) is 13.0. The second kappa shape index (κ2) is 5.85. The molecule has 1 fully saturated rings. The van der Waals surface area contributed by atoms with Gasteiger partial charge in [-0.2, -0.15) is 0 Å². The first-order valence-electron chi connectivity index (χ1n) is 6.47. The number of carboxylic acids is 1. The summed E-state index contributed by atoms with van der Waals surface area (Å²) in [4.78, 5) is 13.1. The molecule has 0 aromatic heterocycles. The standard InChI is InChI=1S/C14H18FNO2/c15-12-8-6-7-11(14(17)18)13(12)16-9-4-2-1-3-5-10-16/h6-8H,1-5,9-10H2,(H,17,18). The molecule has 1 N–H and O–H groups in total. The monoisotopic (exact) mass is 251 g/mol. The third-order valence-electron chi connectivity index (χ3n) is 3.39. The summed E-state index contributed by atoms with van der Waals surface area (Å²) in [6.07, 6.45) is 5.47. The maximum Gasteiger partial charge on any atom is 0.337 e. The molecule has 98 valence electrons. The maximum atomic E-state index is 13.9. The molecule has 0 bridgehead atoms. The third-order valence-corrected chi connectivity index (χ3v) is 3.39. The molecule has 0 atom stereocenters. The number of anilines is 1. The average molecular weight is 251 g/mol. The lowest BCUT2D eigenvalue weighted by Gasteiger charge is -2.28. The Kier molecular flexibility index (Phi) is 4.18. The fraction of sp³-hybridized carbons (Fsp3) is 0.500. The van der Waals surface area contributed by atoms with Crippen LogP contribution >= 0.6 is 0 Å². The van der Waals surface area contributed by atoms with Crippen LogP contribution in [0.4, 0.5) is 10.1 Å². The molecule has 1 heterocycles. The van der Waals surface area contributed by atoms with Crippen LogP contribution in [-0.4, -0.2) is 24.2 Å². The summed E-state index contributed by atoms with van der Waals surface area (Å²) in [7, 11) is 0. The second-order valence-corrected chi connectivity index (χ2v) is 4.70. The van der Waals surface area contributed by atoms with Gasteiger partial charge >= 0.3 is 5.97 Å². The minimum atomic E-state index is -1.06. The van der Waals surface area contributed by atoms with Crippen LogP contribution in [0.1, 0.15) is 42.5 Å². The first-order valence-corrected chi connectivity index (χ1v) is 6.47. The third kappa shape index (κ3) is 2.81. The number of benzene rings is 1. The van der Waals surface area contributed by atoms with E-state index < -0.39 is 11.8 Å². The van der Waals surface area contributed by atoms with Crippen LogP contribution in [0.2, 0.25) is 0 Å². The molecule has 18 heavy (non-hydrogen) atoms. The Balaban J connectivity index is 2.32. The van der Waals surface area contributed by atoms with Gasteiger partial charge in [0, 0.05) is 13.1 Å². The molecule has 4 heteroatoms. The quantitative estimate of drug-likeness (QED) is 0.876. The van der Waals surface area contributed by atoms with Crippen molar-refractivity contribution in [1.29, 1.82) is 0 Å². The van der Waals surface area contributed by atoms with Gasteiger partial charge in [0.25, 0.3) is 0 Å². The fourth-order valence-corrected chi connectivity index (χ4v) is 2.48. The van der Waals surface area contributed by atoms with Gasteiger partial charge < -0.3 is 10.0 Å². The van der Waals surface area contributed by atoms with Crippen LogP contribution in [0.25, 0.3) is 0 Å². The van der Waals surface area contributed by atoms with Crippen LogP contribution in [0, 0.1) is 5.82 Å². The highest BCUT2D eigenvalue weighted by Gasteiger charge is 2.20. The highest BCUT2D eigenvalue weighted by molar-refractivity contribution is 5.94. The predicted octanol–water partition coefficient (Wildman–Crippen LogP) is 3.29. The van der Waals surface area contributed by atoms with E-state index in [0.717, 1.165) is 38.8 Å². The van der Waals surface area contributed by atoms with Gasteiger partial charge in [-0.3, -0.25) is 0 Å². The number of halogens is 1. The SMILES string of the molecule is O=C(O)c1cccc(F)c1N1CCCCCCC1. The molecule has 1 aromatic carbocycles. The molecule has 3 nitrogen and oxygen atoms in total. The Bertz CT molecular complexity index is 426. The molecule has 1 saturated heterocycles. The molecular weight excluding hydrogens is 233 g/mol. The Labute approximate surface area is 106 Å². The lowest BCUT2D eigenvalue weighted by molar-refractivity contribution is 0.0697. The molecular formula is C14H18FNO2. The smallest absolute Gasteiger partial charge is 0.337 e. The van der Waals surface area contributed by atoms with Crippen molar-refractivity contribution in [2.45, 2.75) is 32.1 Å². The van der Waals surface area contributed by atoms with Gasteiger partial charge in [-0.1, -0.05) is 25.3 Å². The number of nitrogens with zero attached hydrogens (tertiary/aromatic N) is 1. The summed E-state index contributed by atoms with van der Waals surface area (Å²) in [6, 6.07) is 4.26. The number of aromatic carboxylic acids is 1. The fourth-order valence-electron chi connectivity index (χ4n) is 2.48. The summed E-state index contributed by atoms with van der Waals surface area (Å²) >= 11 is 0. The summed E-state index contributed by atoms with van der Waals surface area (Å²) < 4.78 is 13.9. The van der Waals surface area contributed by atoms with Crippen molar-refractivity contribution in [3.05, 3.63) is 29.6 Å². The first-order chi connectivity index (χ1) is 8.70. The van der Waals surface area contributed by atoms with Gasteiger partial charge in [-0.15, -0.1) is 0 Å². The van der Waals surface area contributed by atoms with Crippen LogP contribution in [0.15, 0.2) is 18.2 Å². The minimum Gasteiger partial charge on any atom is -0.478 e. The van der Waals surface area contributed by atoms with Gasteiger partial charge in [0.2, 0.25) is 0 Å². The number of hydrogen-bond acceptors (Lipinski definition) is 2. The molecule has 0 spiro atoms. The molecule has 0 saturated carbocycles. The highest BCUT2D eigenvalue weighted by atomic mass is 19.1. The van der Waals surface area contributed by atoms with E-state index in [1.807, 2.05) is 4.90 Å². The largest absolute Gasteiger partial charge is 0.478 e. The molecule has 0 amide bonds. The van der Waals surface area contributed by atoms with Crippen LogP contribution in [0.3, 0.4) is 0 Å². The van der Waals surface area contributed by atoms with E-state index in [-0.39, 0.29) is 11.3 Å². The predicted molar refractivity (Wildman–Crippen MR) is 68.7 cm³/mol. The number of carboxylic acid groups (broad SMARTS) is 1. The molecule has 1 aromatic rings. The maximum absolute atomic E-state index is 13.9. The summed E-state index contributed by atoms with van der Waals surface area (Å²) in [5.41, 5.74) is 0.322. The Morgan fingerprint density at radius 1 is 1.11 bits per heavy atom. The minimum absolute atomic E-state index is 0.0653. The number of para-hydroxylation sites is 1. The second-order valence-electron chi connectivity index (χ2n) is 4.70. The molecule has 0 unspecified atom stereocenters. The van der Waals surface area contributed by atoms with Gasteiger partial charge in [-0.25, -0.2) is 9.18 Å². The van der Waals surface area contributed by atoms with Gasteiger partial charge in [0.15, 0.2) is 0 Å². The van der Waals surface area contributed by atoms with Gasteiger partial charge in [-0.05, 0) is 25.0 Å². The van der Waals surface area contributed by atoms with E-state index in [4.69, 9.17) is 5.11 Å². The summed E-state index contributed by atoms with van der Waals surface area (Å²) in [5, 5.41) is 9.15. The lowest BCUT2D eigenvalue weighted by Crippen LogP contribution is -2.29. The van der Waals surface area contributed by atoms with Crippen molar-refractivity contribution in [3.63, 3.8) is 0 Å². The number of carbonyl (C=O) groups is 1. The normalized spacial score (nSPS) is 17.1. The Hall–Kier alpha value is -1.58. The molecule has 1 aliphatic heterocycles. The molecule has 2 rings (SSSR count). The highest BCUT2D eigenvalue weighted by Crippen LogP contribution is 2.26. The van der Waals surface area contributed by atoms with E-state index in [0.29, 0.717) is 0 Å². The first kappa shape index (κ1) is 12.9. The average Bonchev–Trinajstić information content (AvgIpc) is 2.29. The van der Waals surface area contributed by atoms with E-state index in [1.54, 1.807) is 0 Å². The lowest BCUT2D eigenvalue weighted by atomic mass is 10.1. The Morgan fingerprint density at radius 3 is 2.33 bits per heavy atom. The molecule has 1 aliphatic rings. The van der Waals surface area contributed by atoms with Crippen molar-refractivity contribution in [1.82, 2.24) is 0 Å². The van der Waals surface area contributed by atoms with Crippen LogP contribution in [-0.2, 0) is 0 Å². The number of hydrogen-bond donors (Lipinski definition) is 1. The number of rotatable bonds is 2. The zero-order valence-corrected chi connectivity index (χ0v) is 10.4. The van der Waals surface area contributed by atoms with Crippen molar-refractivity contribution in [2.75, 3.05) is 18.0 Å². The summed E-state index contributed by atoms with van der Waals surface area (Å²) in [6.45, 7) is 1.47. The van der Waals surface area contributed by atoms with E-state index in [1.165, 1.54) is 24.6 Å². The van der Waals surface area contributed by atoms with Gasteiger partial charge in [0.05, 0.1) is 11.3 Å². The summed E-state index contributed by atoms with van der Waals surface area (Å²) in [5.74, 6) is -1.50. The zero-order valence-electron chi connectivity index (χ0n) is 10.4. The van der Waals surface area contributed by atoms with E-state index >= 15 is 0 Å². The van der Waals surface area contributed by atoms with Crippen molar-refractivity contribution in [2.24, 2.45) is 0 Å². The van der Waals surface area contributed by atoms with Crippen molar-refractivity contribution in [3.8, 4) is 0 Å².